The van der Waals surface area contributed by atoms with Gasteiger partial charge in [-0.05, 0) is 65.4 Å². The molecule has 0 saturated carbocycles. The van der Waals surface area contributed by atoms with E-state index >= 15 is 0 Å². The van der Waals surface area contributed by atoms with Crippen LogP contribution in [0.25, 0.3) is 11.1 Å². The van der Waals surface area contributed by atoms with Gasteiger partial charge in [-0.1, -0.05) is 48.0 Å². The molecular weight excluding hydrogens is 408 g/mol. The van der Waals surface area contributed by atoms with E-state index in [-0.39, 0.29) is 0 Å². The number of anilines is 1. The van der Waals surface area contributed by atoms with Gasteiger partial charge in [-0.25, -0.2) is 4.79 Å². The first-order chi connectivity index (χ1) is 15.1. The lowest BCUT2D eigenvalue weighted by atomic mass is 9.92. The van der Waals surface area contributed by atoms with Crippen molar-refractivity contribution in [2.24, 2.45) is 0 Å². The van der Waals surface area contributed by atoms with Gasteiger partial charge in [0.15, 0.2) is 0 Å². The number of hydrogen-bond acceptors (Lipinski definition) is 3. The maximum atomic E-state index is 11.3. The Morgan fingerprint density at radius 3 is 2.65 bits per heavy atom. The number of nitrogens with zero attached hydrogens (tertiary/aromatic N) is 2. The van der Waals surface area contributed by atoms with Crippen molar-refractivity contribution < 1.29 is 9.90 Å². The Morgan fingerprint density at radius 2 is 1.84 bits per heavy atom. The maximum Gasteiger partial charge on any atom is 0.335 e. The van der Waals surface area contributed by atoms with E-state index in [1.165, 1.54) is 22.4 Å². The van der Waals surface area contributed by atoms with Crippen LogP contribution >= 0.6 is 11.6 Å². The van der Waals surface area contributed by atoms with Crippen molar-refractivity contribution in [3.63, 3.8) is 0 Å². The predicted molar refractivity (Wildman–Crippen MR) is 125 cm³/mol. The molecule has 5 heteroatoms. The summed E-state index contributed by atoms with van der Waals surface area (Å²) in [6.07, 6.45) is 2.00. The molecule has 0 aliphatic carbocycles. The minimum Gasteiger partial charge on any atom is -0.478 e. The van der Waals surface area contributed by atoms with Crippen LogP contribution in [0, 0.1) is 0 Å². The van der Waals surface area contributed by atoms with Crippen LogP contribution in [0.3, 0.4) is 0 Å². The Kier molecular flexibility index (Phi) is 5.43. The fourth-order valence-electron chi connectivity index (χ4n) is 4.96. The molecule has 2 aliphatic heterocycles. The van der Waals surface area contributed by atoms with Crippen LogP contribution in [0.1, 0.15) is 27.9 Å². The number of halogens is 1. The highest BCUT2D eigenvalue weighted by Gasteiger charge is 2.32. The van der Waals surface area contributed by atoms with E-state index in [2.05, 4.69) is 46.2 Å². The number of fused-ring (bicyclic) bond motifs is 3. The molecule has 0 aromatic heterocycles. The van der Waals surface area contributed by atoms with Gasteiger partial charge in [0.1, 0.15) is 0 Å². The number of carboxylic acids is 1. The highest BCUT2D eigenvalue weighted by atomic mass is 35.5. The summed E-state index contributed by atoms with van der Waals surface area (Å²) in [5.41, 5.74) is 6.55. The third-order valence-corrected chi connectivity index (χ3v) is 6.77. The van der Waals surface area contributed by atoms with Gasteiger partial charge >= 0.3 is 5.97 Å². The molecule has 0 bridgehead atoms. The molecule has 0 spiro atoms. The minimum absolute atomic E-state index is 0.384. The zero-order valence-electron chi connectivity index (χ0n) is 17.3. The monoisotopic (exact) mass is 432 g/mol. The molecule has 0 unspecified atom stereocenters. The van der Waals surface area contributed by atoms with Crippen LogP contribution in [-0.4, -0.2) is 41.7 Å². The molecule has 3 aromatic carbocycles. The van der Waals surface area contributed by atoms with Crippen molar-refractivity contribution in [3.05, 3.63) is 88.4 Å². The van der Waals surface area contributed by atoms with Gasteiger partial charge in [-0.2, -0.15) is 0 Å². The Balaban J connectivity index is 1.33. The Morgan fingerprint density at radius 1 is 1.03 bits per heavy atom. The third kappa shape index (κ3) is 4.06. The maximum absolute atomic E-state index is 11.3. The van der Waals surface area contributed by atoms with Crippen molar-refractivity contribution in [1.29, 1.82) is 0 Å². The molecule has 1 N–H and O–H groups in total. The van der Waals surface area contributed by atoms with Gasteiger partial charge in [0.25, 0.3) is 0 Å². The Labute approximate surface area is 187 Å². The normalized spacial score (nSPS) is 18.4. The smallest absolute Gasteiger partial charge is 0.335 e. The van der Waals surface area contributed by atoms with Gasteiger partial charge in [0.2, 0.25) is 0 Å². The molecule has 1 fully saturated rings. The number of hydrogen-bond donors (Lipinski definition) is 1. The fraction of sp³-hybridized carbons (Fsp3) is 0.269. The summed E-state index contributed by atoms with van der Waals surface area (Å²) in [7, 11) is 0. The standard InChI is InChI=1S/C26H25ClN2O2/c27-22-9-5-18(6-10-22)24-4-2-1-3-21(24)16-28-13-14-29-23(17-28)11-7-19-15-20(26(30)31)8-12-25(19)29/h1-6,8-10,12,15,23H,7,11,13-14,16-17H2,(H,30,31)/t23-/m1/s1. The van der Waals surface area contributed by atoms with E-state index < -0.39 is 5.97 Å². The summed E-state index contributed by atoms with van der Waals surface area (Å²) in [6.45, 7) is 3.90. The van der Waals surface area contributed by atoms with Crippen molar-refractivity contribution in [2.75, 3.05) is 24.5 Å². The van der Waals surface area contributed by atoms with Crippen molar-refractivity contribution in [2.45, 2.75) is 25.4 Å². The van der Waals surface area contributed by atoms with Crippen LogP contribution in [0.2, 0.25) is 5.02 Å². The Bertz CT molecular complexity index is 1110. The average molecular weight is 433 g/mol. The zero-order valence-corrected chi connectivity index (χ0v) is 18.1. The lowest BCUT2D eigenvalue weighted by Gasteiger charge is -2.46. The number of carbonyl (C=O) groups is 1. The second-order valence-corrected chi connectivity index (χ2v) is 8.87. The first-order valence-corrected chi connectivity index (χ1v) is 11.2. The number of piperazine rings is 1. The van der Waals surface area contributed by atoms with Gasteiger partial charge in [0, 0.05) is 42.9 Å². The van der Waals surface area contributed by atoms with E-state index in [4.69, 9.17) is 11.6 Å². The van der Waals surface area contributed by atoms with Crippen molar-refractivity contribution in [3.8, 4) is 11.1 Å². The summed E-state index contributed by atoms with van der Waals surface area (Å²) < 4.78 is 0. The van der Waals surface area contributed by atoms with Gasteiger partial charge < -0.3 is 10.0 Å². The van der Waals surface area contributed by atoms with Crippen LogP contribution in [-0.2, 0) is 13.0 Å². The van der Waals surface area contributed by atoms with Gasteiger partial charge in [0.05, 0.1) is 5.56 Å². The van der Waals surface area contributed by atoms with E-state index in [1.807, 2.05) is 24.3 Å². The quantitative estimate of drug-likeness (QED) is 0.604. The number of rotatable bonds is 4. The second kappa shape index (κ2) is 8.37. The number of carboxylic acid groups (broad SMARTS) is 1. The first-order valence-electron chi connectivity index (χ1n) is 10.8. The van der Waals surface area contributed by atoms with E-state index in [0.29, 0.717) is 11.6 Å². The summed E-state index contributed by atoms with van der Waals surface area (Å²) >= 11 is 6.08. The Hall–Kier alpha value is -2.82. The molecule has 3 aromatic rings. The highest BCUT2D eigenvalue weighted by molar-refractivity contribution is 6.30. The summed E-state index contributed by atoms with van der Waals surface area (Å²) in [5.74, 6) is -0.853. The predicted octanol–water partition coefficient (Wildman–Crippen LogP) is 5.34. The molecule has 5 rings (SSSR count). The zero-order chi connectivity index (χ0) is 21.4. The van der Waals surface area contributed by atoms with Crippen LogP contribution in [0.15, 0.2) is 66.7 Å². The first kappa shape index (κ1) is 20.1. The van der Waals surface area contributed by atoms with E-state index in [9.17, 15) is 9.90 Å². The fourth-order valence-corrected chi connectivity index (χ4v) is 5.08. The largest absolute Gasteiger partial charge is 0.478 e. The molecule has 158 valence electrons. The molecule has 0 amide bonds. The number of benzene rings is 3. The van der Waals surface area contributed by atoms with Gasteiger partial charge in [-0.3, -0.25) is 4.90 Å². The molecular formula is C26H25ClN2O2. The summed E-state index contributed by atoms with van der Waals surface area (Å²) in [5, 5.41) is 10.0. The van der Waals surface area contributed by atoms with Crippen molar-refractivity contribution in [1.82, 2.24) is 4.90 Å². The second-order valence-electron chi connectivity index (χ2n) is 8.43. The van der Waals surface area contributed by atoms with E-state index in [1.54, 1.807) is 6.07 Å². The van der Waals surface area contributed by atoms with E-state index in [0.717, 1.165) is 49.6 Å². The van der Waals surface area contributed by atoms with Crippen LogP contribution in [0.5, 0.6) is 0 Å². The molecule has 2 aliphatic rings. The topological polar surface area (TPSA) is 43.8 Å². The molecule has 0 radical (unpaired) electrons. The molecule has 1 atom stereocenters. The molecule has 1 saturated heterocycles. The molecule has 2 heterocycles. The average Bonchev–Trinajstić information content (AvgIpc) is 2.79. The lowest BCUT2D eigenvalue weighted by Crippen LogP contribution is -2.54. The molecule has 4 nitrogen and oxygen atoms in total. The lowest BCUT2D eigenvalue weighted by molar-refractivity contribution is 0.0696. The van der Waals surface area contributed by atoms with Crippen LogP contribution in [0.4, 0.5) is 5.69 Å². The molecule has 31 heavy (non-hydrogen) atoms. The third-order valence-electron chi connectivity index (χ3n) is 6.52. The number of aromatic carboxylic acids is 1. The highest BCUT2D eigenvalue weighted by Crippen LogP contribution is 2.34. The van der Waals surface area contributed by atoms with Crippen LogP contribution < -0.4 is 4.90 Å². The van der Waals surface area contributed by atoms with Crippen molar-refractivity contribution >= 4 is 23.3 Å². The SMILES string of the molecule is O=C(O)c1ccc2c(c1)CC[C@@H]1CN(Cc3ccccc3-c3ccc(Cl)cc3)CCN21. The summed E-state index contributed by atoms with van der Waals surface area (Å²) in [6, 6.07) is 22.7. The minimum atomic E-state index is -0.853. The van der Waals surface area contributed by atoms with Gasteiger partial charge in [-0.15, -0.1) is 0 Å². The summed E-state index contributed by atoms with van der Waals surface area (Å²) in [4.78, 5) is 16.3. The number of aryl methyl sites for hydroxylation is 1.